The Bertz CT molecular complexity index is 789. The number of carbonyl (C=O) groups is 1. The largest absolute Gasteiger partial charge is 0.481 e. The summed E-state index contributed by atoms with van der Waals surface area (Å²) in [5, 5.41) is 3.18. The standard InChI is InChI=1S/C22H30N4O2/c1-4-18(15-26-12-8-9-13-26)24-20(27)14-19-16(2)23-21(25-22(19)28-3)17-10-6-5-7-11-17/h5-7,10-11,18H,4,8-9,12-15H2,1-3H3,(H,24,27)/t18-/m0/s1. The van der Waals surface area contributed by atoms with E-state index in [0.29, 0.717) is 11.7 Å². The number of nitrogens with one attached hydrogen (secondary N) is 1. The van der Waals surface area contributed by atoms with E-state index in [-0.39, 0.29) is 18.4 Å². The SMILES string of the molecule is CC[C@@H](CN1CCCC1)NC(=O)Cc1c(C)nc(-c2ccccc2)nc1OC. The van der Waals surface area contributed by atoms with Crippen LogP contribution < -0.4 is 10.1 Å². The monoisotopic (exact) mass is 382 g/mol. The van der Waals surface area contributed by atoms with E-state index in [9.17, 15) is 4.79 Å². The quantitative estimate of drug-likeness (QED) is 0.760. The Balaban J connectivity index is 1.71. The number of rotatable bonds is 8. The van der Waals surface area contributed by atoms with E-state index >= 15 is 0 Å². The lowest BCUT2D eigenvalue weighted by molar-refractivity contribution is -0.121. The Morgan fingerprint density at radius 3 is 2.57 bits per heavy atom. The van der Waals surface area contributed by atoms with Gasteiger partial charge in [0, 0.05) is 29.4 Å². The van der Waals surface area contributed by atoms with Gasteiger partial charge in [-0.1, -0.05) is 37.3 Å². The van der Waals surface area contributed by atoms with E-state index < -0.39 is 0 Å². The van der Waals surface area contributed by atoms with E-state index in [1.807, 2.05) is 37.3 Å². The Kier molecular flexibility index (Phi) is 6.98. The Hall–Kier alpha value is -2.47. The van der Waals surface area contributed by atoms with E-state index in [1.54, 1.807) is 7.11 Å². The third-order valence-corrected chi connectivity index (χ3v) is 5.27. The Morgan fingerprint density at radius 1 is 1.21 bits per heavy atom. The predicted molar refractivity (Wildman–Crippen MR) is 110 cm³/mol. The number of hydrogen-bond acceptors (Lipinski definition) is 5. The molecule has 1 amide bonds. The molecule has 2 heterocycles. The fourth-order valence-electron chi connectivity index (χ4n) is 3.65. The Morgan fingerprint density at radius 2 is 1.93 bits per heavy atom. The lowest BCUT2D eigenvalue weighted by Gasteiger charge is -2.23. The van der Waals surface area contributed by atoms with Gasteiger partial charge < -0.3 is 15.0 Å². The summed E-state index contributed by atoms with van der Waals surface area (Å²) >= 11 is 0. The smallest absolute Gasteiger partial charge is 0.224 e. The van der Waals surface area contributed by atoms with Crippen LogP contribution in [-0.4, -0.2) is 53.6 Å². The molecule has 6 heteroatoms. The molecular formula is C22H30N4O2. The van der Waals surface area contributed by atoms with Crippen molar-refractivity contribution in [3.63, 3.8) is 0 Å². The predicted octanol–water partition coefficient (Wildman–Crippen LogP) is 2.99. The maximum absolute atomic E-state index is 12.7. The summed E-state index contributed by atoms with van der Waals surface area (Å²) < 4.78 is 5.49. The van der Waals surface area contributed by atoms with Crippen molar-refractivity contribution < 1.29 is 9.53 Å². The van der Waals surface area contributed by atoms with Gasteiger partial charge in [0.2, 0.25) is 11.8 Å². The van der Waals surface area contributed by atoms with Gasteiger partial charge in [0.05, 0.1) is 13.5 Å². The first-order valence-electron chi connectivity index (χ1n) is 10.1. The molecule has 150 valence electrons. The van der Waals surface area contributed by atoms with Crippen molar-refractivity contribution in [1.29, 1.82) is 0 Å². The van der Waals surface area contributed by atoms with Gasteiger partial charge in [-0.3, -0.25) is 4.79 Å². The molecule has 1 atom stereocenters. The van der Waals surface area contributed by atoms with E-state index in [2.05, 4.69) is 27.1 Å². The maximum Gasteiger partial charge on any atom is 0.224 e. The molecule has 6 nitrogen and oxygen atoms in total. The van der Waals surface area contributed by atoms with Crippen molar-refractivity contribution >= 4 is 5.91 Å². The van der Waals surface area contributed by atoms with Gasteiger partial charge in [-0.05, 0) is 39.3 Å². The van der Waals surface area contributed by atoms with Crippen molar-refractivity contribution in [2.24, 2.45) is 0 Å². The number of methoxy groups -OCH3 is 1. The first-order valence-corrected chi connectivity index (χ1v) is 10.1. The summed E-state index contributed by atoms with van der Waals surface area (Å²) in [6.45, 7) is 7.20. The van der Waals surface area contributed by atoms with Crippen LogP contribution in [-0.2, 0) is 11.2 Å². The highest BCUT2D eigenvalue weighted by Crippen LogP contribution is 2.24. The number of likely N-dealkylation sites (tertiary alicyclic amines) is 1. The molecule has 0 saturated carbocycles. The fourth-order valence-corrected chi connectivity index (χ4v) is 3.65. The summed E-state index contributed by atoms with van der Waals surface area (Å²) in [5.41, 5.74) is 2.45. The zero-order valence-electron chi connectivity index (χ0n) is 17.1. The van der Waals surface area contributed by atoms with Crippen LogP contribution in [0.25, 0.3) is 11.4 Å². The highest BCUT2D eigenvalue weighted by molar-refractivity contribution is 5.80. The Labute approximate surface area is 167 Å². The second kappa shape index (κ2) is 9.64. The van der Waals surface area contributed by atoms with Gasteiger partial charge >= 0.3 is 0 Å². The van der Waals surface area contributed by atoms with Crippen LogP contribution >= 0.6 is 0 Å². The molecule has 1 aromatic carbocycles. The van der Waals surface area contributed by atoms with Crippen molar-refractivity contribution in [2.45, 2.75) is 45.6 Å². The highest BCUT2D eigenvalue weighted by Gasteiger charge is 2.21. The molecular weight excluding hydrogens is 352 g/mol. The molecule has 2 aromatic rings. The van der Waals surface area contributed by atoms with Gasteiger partial charge in [0.15, 0.2) is 5.82 Å². The highest BCUT2D eigenvalue weighted by atomic mass is 16.5. The zero-order chi connectivity index (χ0) is 19.9. The molecule has 0 unspecified atom stereocenters. The minimum absolute atomic E-state index is 0.0106. The van der Waals surface area contributed by atoms with Crippen LogP contribution in [0.4, 0.5) is 0 Å². The van der Waals surface area contributed by atoms with Crippen LogP contribution in [0.15, 0.2) is 30.3 Å². The molecule has 1 fully saturated rings. The molecule has 0 spiro atoms. The van der Waals surface area contributed by atoms with E-state index in [0.717, 1.165) is 42.9 Å². The number of hydrogen-bond donors (Lipinski definition) is 1. The molecule has 28 heavy (non-hydrogen) atoms. The van der Waals surface area contributed by atoms with Crippen molar-refractivity contribution in [3.05, 3.63) is 41.6 Å². The fraction of sp³-hybridized carbons (Fsp3) is 0.500. The summed E-state index contributed by atoms with van der Waals surface area (Å²) in [7, 11) is 1.58. The van der Waals surface area contributed by atoms with Crippen molar-refractivity contribution in [2.75, 3.05) is 26.7 Å². The molecule has 1 saturated heterocycles. The summed E-state index contributed by atoms with van der Waals surface area (Å²) in [6, 6.07) is 9.95. The third kappa shape index (κ3) is 5.07. The van der Waals surface area contributed by atoms with Gasteiger partial charge in [-0.25, -0.2) is 4.98 Å². The number of aryl methyl sites for hydroxylation is 1. The van der Waals surface area contributed by atoms with Crippen LogP contribution in [0, 0.1) is 6.92 Å². The van der Waals surface area contributed by atoms with E-state index in [1.165, 1.54) is 12.8 Å². The molecule has 3 rings (SSSR count). The van der Waals surface area contributed by atoms with Gasteiger partial charge in [0.1, 0.15) is 0 Å². The molecule has 1 N–H and O–H groups in total. The van der Waals surface area contributed by atoms with Gasteiger partial charge in [-0.2, -0.15) is 4.98 Å². The van der Waals surface area contributed by atoms with Gasteiger partial charge in [-0.15, -0.1) is 0 Å². The normalized spacial score (nSPS) is 15.4. The summed E-state index contributed by atoms with van der Waals surface area (Å²) in [4.78, 5) is 24.3. The average Bonchev–Trinajstić information content (AvgIpc) is 3.22. The second-order valence-electron chi connectivity index (χ2n) is 7.34. The maximum atomic E-state index is 12.7. The molecule has 0 radical (unpaired) electrons. The van der Waals surface area contributed by atoms with E-state index in [4.69, 9.17) is 4.74 Å². The topological polar surface area (TPSA) is 67.4 Å². The number of amides is 1. The third-order valence-electron chi connectivity index (χ3n) is 5.27. The van der Waals surface area contributed by atoms with Crippen LogP contribution in [0.5, 0.6) is 5.88 Å². The van der Waals surface area contributed by atoms with Gasteiger partial charge in [0.25, 0.3) is 0 Å². The number of benzene rings is 1. The molecule has 0 aliphatic carbocycles. The number of aromatic nitrogens is 2. The molecule has 0 bridgehead atoms. The van der Waals surface area contributed by atoms with Crippen molar-refractivity contribution in [3.8, 4) is 17.3 Å². The average molecular weight is 383 g/mol. The summed E-state index contributed by atoms with van der Waals surface area (Å²) in [6.07, 6.45) is 3.65. The van der Waals surface area contributed by atoms with Crippen LogP contribution in [0.2, 0.25) is 0 Å². The number of nitrogens with zero attached hydrogens (tertiary/aromatic N) is 3. The summed E-state index contributed by atoms with van der Waals surface area (Å²) in [5.74, 6) is 1.07. The first-order chi connectivity index (χ1) is 13.6. The zero-order valence-corrected chi connectivity index (χ0v) is 17.1. The number of ether oxygens (including phenoxy) is 1. The first kappa shape index (κ1) is 20.3. The van der Waals surface area contributed by atoms with Crippen molar-refractivity contribution in [1.82, 2.24) is 20.2 Å². The lowest BCUT2D eigenvalue weighted by Crippen LogP contribution is -2.43. The minimum atomic E-state index is -0.0106. The second-order valence-corrected chi connectivity index (χ2v) is 7.34. The number of carbonyl (C=O) groups excluding carboxylic acids is 1. The molecule has 1 aliphatic heterocycles. The lowest BCUT2D eigenvalue weighted by atomic mass is 10.1. The van der Waals surface area contributed by atoms with Crippen LogP contribution in [0.1, 0.15) is 37.4 Å². The molecule has 1 aliphatic rings. The van der Waals surface area contributed by atoms with Crippen LogP contribution in [0.3, 0.4) is 0 Å². The molecule has 1 aromatic heterocycles. The minimum Gasteiger partial charge on any atom is -0.481 e.